The molecule has 0 aliphatic rings. The maximum absolute atomic E-state index is 6.57. The summed E-state index contributed by atoms with van der Waals surface area (Å²) >= 11 is 6.57. The first kappa shape index (κ1) is 18.6. The molecule has 0 aromatic heterocycles. The molecule has 1 unspecified atom stereocenters. The monoisotopic (exact) mass is 346 g/mol. The van der Waals surface area contributed by atoms with Gasteiger partial charge in [-0.25, -0.2) is 0 Å². The van der Waals surface area contributed by atoms with E-state index in [1.54, 1.807) is 0 Å². The van der Waals surface area contributed by atoms with E-state index >= 15 is 0 Å². The summed E-state index contributed by atoms with van der Waals surface area (Å²) in [7, 11) is 8.09. The van der Waals surface area contributed by atoms with Crippen molar-refractivity contribution < 1.29 is 4.74 Å². The molecule has 0 aliphatic carbocycles. The SMILES string of the molecule is CC(C)OC(c1ccc(N(C)C)cc1)c1ccc(N(C)C)cc1Cl. The van der Waals surface area contributed by atoms with Crippen molar-refractivity contribution in [1.29, 1.82) is 0 Å². The fourth-order valence-corrected chi connectivity index (χ4v) is 2.83. The van der Waals surface area contributed by atoms with Crippen LogP contribution in [0.3, 0.4) is 0 Å². The summed E-state index contributed by atoms with van der Waals surface area (Å²) in [6.45, 7) is 4.09. The Hall–Kier alpha value is -1.71. The summed E-state index contributed by atoms with van der Waals surface area (Å²) in [5.74, 6) is 0. The zero-order chi connectivity index (χ0) is 17.9. The van der Waals surface area contributed by atoms with E-state index in [0.29, 0.717) is 0 Å². The van der Waals surface area contributed by atoms with Gasteiger partial charge in [-0.2, -0.15) is 0 Å². The van der Waals surface area contributed by atoms with Gasteiger partial charge in [0.2, 0.25) is 0 Å². The second-order valence-corrected chi connectivity index (χ2v) is 7.06. The van der Waals surface area contributed by atoms with E-state index in [-0.39, 0.29) is 12.2 Å². The van der Waals surface area contributed by atoms with Crippen LogP contribution in [0.15, 0.2) is 42.5 Å². The van der Waals surface area contributed by atoms with Crippen LogP contribution in [0.4, 0.5) is 11.4 Å². The van der Waals surface area contributed by atoms with Crippen LogP contribution in [0, 0.1) is 0 Å². The van der Waals surface area contributed by atoms with Gasteiger partial charge in [-0.3, -0.25) is 0 Å². The van der Waals surface area contributed by atoms with E-state index in [1.165, 1.54) is 0 Å². The van der Waals surface area contributed by atoms with Crippen molar-refractivity contribution in [2.45, 2.75) is 26.1 Å². The molecule has 3 nitrogen and oxygen atoms in total. The molecule has 24 heavy (non-hydrogen) atoms. The Morgan fingerprint density at radius 2 is 1.38 bits per heavy atom. The molecule has 0 bridgehead atoms. The van der Waals surface area contributed by atoms with Gasteiger partial charge in [0.15, 0.2) is 0 Å². The first-order chi connectivity index (χ1) is 11.3. The summed E-state index contributed by atoms with van der Waals surface area (Å²) in [6.07, 6.45) is -0.0713. The van der Waals surface area contributed by atoms with Crippen LogP contribution in [0.1, 0.15) is 31.1 Å². The van der Waals surface area contributed by atoms with Gasteiger partial charge in [-0.05, 0) is 43.7 Å². The Kier molecular flexibility index (Phi) is 6.14. The number of rotatable bonds is 6. The second kappa shape index (κ2) is 7.91. The highest BCUT2D eigenvalue weighted by Gasteiger charge is 2.20. The Bertz CT molecular complexity index is 666. The predicted octanol–water partition coefficient (Wildman–Crippen LogP) is 4.99. The molecule has 0 amide bonds. The second-order valence-electron chi connectivity index (χ2n) is 6.65. The number of ether oxygens (including phenoxy) is 1. The molecule has 4 heteroatoms. The van der Waals surface area contributed by atoms with Crippen molar-refractivity contribution in [1.82, 2.24) is 0 Å². The van der Waals surface area contributed by atoms with Gasteiger partial charge in [0.1, 0.15) is 6.10 Å². The Balaban J connectivity index is 2.41. The van der Waals surface area contributed by atoms with Crippen molar-refractivity contribution in [3.8, 4) is 0 Å². The third kappa shape index (κ3) is 4.43. The van der Waals surface area contributed by atoms with Crippen molar-refractivity contribution >= 4 is 23.0 Å². The lowest BCUT2D eigenvalue weighted by molar-refractivity contribution is 0.0304. The zero-order valence-corrected chi connectivity index (χ0v) is 16.1. The molecule has 2 rings (SSSR count). The van der Waals surface area contributed by atoms with Crippen molar-refractivity contribution in [3.63, 3.8) is 0 Å². The van der Waals surface area contributed by atoms with E-state index < -0.39 is 0 Å². The summed E-state index contributed by atoms with van der Waals surface area (Å²) in [5, 5.41) is 0.725. The average molecular weight is 347 g/mol. The highest BCUT2D eigenvalue weighted by molar-refractivity contribution is 6.31. The van der Waals surface area contributed by atoms with Crippen LogP contribution in [-0.4, -0.2) is 34.3 Å². The maximum Gasteiger partial charge on any atom is 0.109 e. The number of nitrogens with zero attached hydrogens (tertiary/aromatic N) is 2. The molecule has 0 heterocycles. The summed E-state index contributed by atoms with van der Waals surface area (Å²) in [6, 6.07) is 14.6. The molecule has 0 saturated carbocycles. The Morgan fingerprint density at radius 3 is 1.83 bits per heavy atom. The number of halogens is 1. The predicted molar refractivity (Wildman–Crippen MR) is 105 cm³/mol. The standard InChI is InChI=1S/C20H27ClN2O/c1-14(2)24-20(15-7-9-16(10-8-15)22(3)4)18-12-11-17(23(5)6)13-19(18)21/h7-14,20H,1-6H3. The molecule has 0 aliphatic heterocycles. The lowest BCUT2D eigenvalue weighted by Gasteiger charge is -2.24. The molecule has 0 N–H and O–H groups in total. The molecule has 0 radical (unpaired) electrons. The summed E-state index contributed by atoms with van der Waals surface area (Å²) < 4.78 is 6.19. The van der Waals surface area contributed by atoms with Crippen molar-refractivity contribution in [2.24, 2.45) is 0 Å². The molecule has 1 atom stereocenters. The zero-order valence-electron chi connectivity index (χ0n) is 15.4. The van der Waals surface area contributed by atoms with Gasteiger partial charge >= 0.3 is 0 Å². The first-order valence-corrected chi connectivity index (χ1v) is 8.57. The van der Waals surface area contributed by atoms with Gasteiger partial charge in [0.05, 0.1) is 6.10 Å². The fraction of sp³-hybridized carbons (Fsp3) is 0.400. The van der Waals surface area contributed by atoms with Crippen LogP contribution in [-0.2, 0) is 4.74 Å². The van der Waals surface area contributed by atoms with Gasteiger partial charge in [0.25, 0.3) is 0 Å². The number of anilines is 2. The number of hydrogen-bond donors (Lipinski definition) is 0. The lowest BCUT2D eigenvalue weighted by Crippen LogP contribution is -2.14. The van der Waals surface area contributed by atoms with E-state index in [9.17, 15) is 0 Å². The van der Waals surface area contributed by atoms with Gasteiger partial charge in [0, 0.05) is 50.2 Å². The summed E-state index contributed by atoms with van der Waals surface area (Å²) in [4.78, 5) is 4.13. The molecule has 0 fully saturated rings. The highest BCUT2D eigenvalue weighted by atomic mass is 35.5. The summed E-state index contributed by atoms with van der Waals surface area (Å²) in [5.41, 5.74) is 4.34. The smallest absolute Gasteiger partial charge is 0.109 e. The number of benzene rings is 2. The van der Waals surface area contributed by atoms with E-state index in [0.717, 1.165) is 27.5 Å². The molecule has 0 saturated heterocycles. The first-order valence-electron chi connectivity index (χ1n) is 8.19. The maximum atomic E-state index is 6.57. The minimum atomic E-state index is -0.176. The highest BCUT2D eigenvalue weighted by Crippen LogP contribution is 2.35. The van der Waals surface area contributed by atoms with E-state index in [2.05, 4.69) is 41.3 Å². The normalized spacial score (nSPS) is 12.3. The largest absolute Gasteiger partial charge is 0.378 e. The molecule has 2 aromatic rings. The minimum Gasteiger partial charge on any atom is -0.378 e. The quantitative estimate of drug-likeness (QED) is 0.733. The molecule has 0 spiro atoms. The van der Waals surface area contributed by atoms with Gasteiger partial charge < -0.3 is 14.5 Å². The third-order valence-corrected chi connectivity index (χ3v) is 4.23. The van der Waals surface area contributed by atoms with Crippen LogP contribution < -0.4 is 9.80 Å². The fourth-order valence-electron chi connectivity index (χ4n) is 2.56. The molecular formula is C20H27ClN2O. The average Bonchev–Trinajstić information content (AvgIpc) is 2.52. The van der Waals surface area contributed by atoms with Crippen LogP contribution in [0.2, 0.25) is 5.02 Å². The van der Waals surface area contributed by atoms with Crippen LogP contribution in [0.5, 0.6) is 0 Å². The topological polar surface area (TPSA) is 15.7 Å². The lowest BCUT2D eigenvalue weighted by atomic mass is 10.00. The van der Waals surface area contributed by atoms with Gasteiger partial charge in [-0.1, -0.05) is 29.8 Å². The van der Waals surface area contributed by atoms with Crippen molar-refractivity contribution in [3.05, 3.63) is 58.6 Å². The van der Waals surface area contributed by atoms with Gasteiger partial charge in [-0.15, -0.1) is 0 Å². The number of hydrogen-bond acceptors (Lipinski definition) is 3. The molecule has 130 valence electrons. The van der Waals surface area contributed by atoms with Crippen LogP contribution >= 0.6 is 11.6 Å². The van der Waals surface area contributed by atoms with E-state index in [4.69, 9.17) is 16.3 Å². The molecule has 2 aromatic carbocycles. The minimum absolute atomic E-state index is 0.105. The van der Waals surface area contributed by atoms with Crippen LogP contribution in [0.25, 0.3) is 0 Å². The molecular weight excluding hydrogens is 320 g/mol. The Morgan fingerprint density at radius 1 is 0.833 bits per heavy atom. The third-order valence-electron chi connectivity index (χ3n) is 3.90. The Labute approximate surface area is 150 Å². The van der Waals surface area contributed by atoms with Crippen molar-refractivity contribution in [2.75, 3.05) is 38.0 Å². The van der Waals surface area contributed by atoms with E-state index in [1.807, 2.05) is 53.0 Å².